The van der Waals surface area contributed by atoms with E-state index in [1.54, 1.807) is 29.2 Å². The first-order chi connectivity index (χ1) is 12.9. The summed E-state index contributed by atoms with van der Waals surface area (Å²) in [4.78, 5) is 50.8. The number of benzene rings is 1. The maximum Gasteiger partial charge on any atom is 0.337 e. The van der Waals surface area contributed by atoms with Gasteiger partial charge < -0.3 is 15.0 Å². The van der Waals surface area contributed by atoms with Gasteiger partial charge in [0.25, 0.3) is 0 Å². The molecule has 1 unspecified atom stereocenters. The van der Waals surface area contributed by atoms with Gasteiger partial charge in [-0.15, -0.1) is 0 Å². The zero-order valence-electron chi connectivity index (χ0n) is 15.9. The smallest absolute Gasteiger partial charge is 0.337 e. The molecule has 8 heteroatoms. The molecule has 27 heavy (non-hydrogen) atoms. The minimum atomic E-state index is -0.432. The van der Waals surface area contributed by atoms with Crippen LogP contribution < -0.4 is 5.32 Å². The molecule has 1 atom stereocenters. The normalized spacial score (nSPS) is 15.5. The highest BCUT2D eigenvalue weighted by Gasteiger charge is 2.34. The van der Waals surface area contributed by atoms with Crippen molar-refractivity contribution in [1.29, 1.82) is 0 Å². The molecule has 0 saturated carbocycles. The number of nitrogens with one attached hydrogen (secondary N) is 1. The predicted octanol–water partition coefficient (Wildman–Crippen LogP) is 1.54. The molecule has 2 rings (SSSR count). The third-order valence-electron chi connectivity index (χ3n) is 4.63. The van der Waals surface area contributed by atoms with Crippen LogP contribution in [0.25, 0.3) is 0 Å². The van der Waals surface area contributed by atoms with Crippen molar-refractivity contribution < 1.29 is 23.9 Å². The lowest BCUT2D eigenvalue weighted by Gasteiger charge is -2.37. The van der Waals surface area contributed by atoms with Crippen molar-refractivity contribution in [2.24, 2.45) is 0 Å². The summed E-state index contributed by atoms with van der Waals surface area (Å²) < 4.78 is 4.63. The molecule has 8 nitrogen and oxygen atoms in total. The summed E-state index contributed by atoms with van der Waals surface area (Å²) in [6, 6.07) is 6.22. The fraction of sp³-hybridized carbons (Fsp3) is 0.474. The summed E-state index contributed by atoms with van der Waals surface area (Å²) in [5, 5.41) is 2.69. The number of imide groups is 1. The average molecular weight is 375 g/mol. The zero-order chi connectivity index (χ0) is 20.0. The fourth-order valence-electron chi connectivity index (χ4n) is 2.77. The number of esters is 1. The average Bonchev–Trinajstić information content (AvgIpc) is 2.68. The molecule has 1 heterocycles. The van der Waals surface area contributed by atoms with Crippen LogP contribution in [0.15, 0.2) is 24.3 Å². The van der Waals surface area contributed by atoms with Crippen LogP contribution in [-0.4, -0.2) is 59.9 Å². The Kier molecular flexibility index (Phi) is 6.92. The third kappa shape index (κ3) is 5.06. The van der Waals surface area contributed by atoms with Crippen molar-refractivity contribution in [3.63, 3.8) is 0 Å². The Morgan fingerprint density at radius 3 is 2.48 bits per heavy atom. The minimum absolute atomic E-state index is 0.0180. The van der Waals surface area contributed by atoms with Crippen molar-refractivity contribution >= 4 is 23.8 Å². The number of rotatable bonds is 7. The molecular weight excluding hydrogens is 350 g/mol. The van der Waals surface area contributed by atoms with Crippen molar-refractivity contribution in [3.8, 4) is 0 Å². The second-order valence-corrected chi connectivity index (χ2v) is 6.43. The molecule has 0 bridgehead atoms. The van der Waals surface area contributed by atoms with Gasteiger partial charge in [0, 0.05) is 25.6 Å². The number of carbonyl (C=O) groups excluding carboxylic acids is 4. The summed E-state index contributed by atoms with van der Waals surface area (Å²) in [5.74, 6) is -1.18. The van der Waals surface area contributed by atoms with E-state index in [0.29, 0.717) is 12.1 Å². The highest BCUT2D eigenvalue weighted by molar-refractivity contribution is 6.00. The Labute approximate surface area is 158 Å². The summed E-state index contributed by atoms with van der Waals surface area (Å²) >= 11 is 0. The van der Waals surface area contributed by atoms with Gasteiger partial charge in [-0.2, -0.15) is 0 Å². The van der Waals surface area contributed by atoms with Gasteiger partial charge in [0.05, 0.1) is 12.7 Å². The zero-order valence-corrected chi connectivity index (χ0v) is 15.9. The number of amides is 4. The number of urea groups is 1. The van der Waals surface area contributed by atoms with Crippen LogP contribution in [0.4, 0.5) is 4.79 Å². The van der Waals surface area contributed by atoms with E-state index < -0.39 is 17.9 Å². The summed E-state index contributed by atoms with van der Waals surface area (Å²) in [5.41, 5.74) is 1.20. The first-order valence-electron chi connectivity index (χ1n) is 8.92. The van der Waals surface area contributed by atoms with Crippen LogP contribution in [0.2, 0.25) is 0 Å². The lowest BCUT2D eigenvalue weighted by atomic mass is 10.1. The van der Waals surface area contributed by atoms with Gasteiger partial charge in [-0.05, 0) is 31.0 Å². The Morgan fingerprint density at radius 2 is 1.89 bits per heavy atom. The van der Waals surface area contributed by atoms with Crippen LogP contribution in [0.1, 0.15) is 42.6 Å². The summed E-state index contributed by atoms with van der Waals surface area (Å²) in [7, 11) is 1.31. The molecule has 1 aliphatic heterocycles. The lowest BCUT2D eigenvalue weighted by Crippen LogP contribution is -2.57. The highest BCUT2D eigenvalue weighted by Crippen LogP contribution is 2.15. The number of nitrogens with zero attached hydrogens (tertiary/aromatic N) is 2. The minimum Gasteiger partial charge on any atom is -0.465 e. The molecule has 1 fully saturated rings. The lowest BCUT2D eigenvalue weighted by molar-refractivity contribution is -0.135. The maximum absolute atomic E-state index is 12.5. The first kappa shape index (κ1) is 20.4. The van der Waals surface area contributed by atoms with E-state index in [1.807, 2.05) is 13.8 Å². The van der Waals surface area contributed by atoms with Crippen LogP contribution in [0, 0.1) is 0 Å². The first-order valence-corrected chi connectivity index (χ1v) is 8.92. The highest BCUT2D eigenvalue weighted by atomic mass is 16.5. The molecule has 1 N–H and O–H groups in total. The molecule has 1 saturated heterocycles. The van der Waals surface area contributed by atoms with Gasteiger partial charge in [-0.25, -0.2) is 9.59 Å². The Morgan fingerprint density at radius 1 is 1.22 bits per heavy atom. The standard InChI is InChI=1S/C19H25N3O5/c1-4-13(2)21-10-9-17(24)22(19(21)26)12-16(23)20-11-14-5-7-15(8-6-14)18(25)27-3/h5-8,13H,4,9-12H2,1-3H3,(H,20,23). The van der Waals surface area contributed by atoms with Crippen LogP contribution in [0.5, 0.6) is 0 Å². The van der Waals surface area contributed by atoms with Gasteiger partial charge in [0.2, 0.25) is 11.8 Å². The number of hydrogen-bond acceptors (Lipinski definition) is 5. The number of methoxy groups -OCH3 is 1. The molecule has 0 radical (unpaired) electrons. The van der Waals surface area contributed by atoms with Crippen molar-refractivity contribution in [2.45, 2.75) is 39.3 Å². The second-order valence-electron chi connectivity index (χ2n) is 6.43. The molecule has 0 aromatic heterocycles. The number of carbonyl (C=O) groups is 4. The monoisotopic (exact) mass is 375 g/mol. The van der Waals surface area contributed by atoms with Gasteiger partial charge in [0.15, 0.2) is 0 Å². The molecule has 4 amide bonds. The van der Waals surface area contributed by atoms with Crippen molar-refractivity contribution in [1.82, 2.24) is 15.1 Å². The van der Waals surface area contributed by atoms with Gasteiger partial charge >= 0.3 is 12.0 Å². The van der Waals surface area contributed by atoms with Crippen LogP contribution in [0.3, 0.4) is 0 Å². The summed E-state index contributed by atoms with van der Waals surface area (Å²) in [6.45, 7) is 4.20. The van der Waals surface area contributed by atoms with E-state index in [0.717, 1.165) is 16.9 Å². The summed E-state index contributed by atoms with van der Waals surface area (Å²) in [6.07, 6.45) is 1.000. The van der Waals surface area contributed by atoms with E-state index in [4.69, 9.17) is 0 Å². The predicted molar refractivity (Wildman–Crippen MR) is 97.8 cm³/mol. The third-order valence-corrected chi connectivity index (χ3v) is 4.63. The fourth-order valence-corrected chi connectivity index (χ4v) is 2.77. The van der Waals surface area contributed by atoms with Gasteiger partial charge in [-0.1, -0.05) is 19.1 Å². The van der Waals surface area contributed by atoms with Crippen LogP contribution >= 0.6 is 0 Å². The Balaban J connectivity index is 1.91. The van der Waals surface area contributed by atoms with E-state index in [-0.39, 0.29) is 31.5 Å². The van der Waals surface area contributed by atoms with Gasteiger partial charge in [0.1, 0.15) is 6.54 Å². The van der Waals surface area contributed by atoms with Crippen LogP contribution in [-0.2, 0) is 20.9 Å². The van der Waals surface area contributed by atoms with E-state index in [1.165, 1.54) is 7.11 Å². The van der Waals surface area contributed by atoms with E-state index in [2.05, 4.69) is 10.1 Å². The quantitative estimate of drug-likeness (QED) is 0.730. The maximum atomic E-state index is 12.5. The van der Waals surface area contributed by atoms with E-state index in [9.17, 15) is 19.2 Å². The topological polar surface area (TPSA) is 96.0 Å². The molecule has 1 aliphatic rings. The molecule has 0 aliphatic carbocycles. The second kappa shape index (κ2) is 9.16. The van der Waals surface area contributed by atoms with E-state index >= 15 is 0 Å². The number of ether oxygens (including phenoxy) is 1. The molecular formula is C19H25N3O5. The van der Waals surface area contributed by atoms with Gasteiger partial charge in [-0.3, -0.25) is 14.5 Å². The molecule has 146 valence electrons. The Bertz CT molecular complexity index is 717. The SMILES string of the molecule is CCC(C)N1CCC(=O)N(CC(=O)NCc2ccc(C(=O)OC)cc2)C1=O. The number of hydrogen-bond donors (Lipinski definition) is 1. The van der Waals surface area contributed by atoms with Crippen molar-refractivity contribution in [3.05, 3.63) is 35.4 Å². The molecule has 1 aromatic rings. The molecule has 1 aromatic carbocycles. The molecule has 0 spiro atoms. The Hall–Kier alpha value is -2.90. The van der Waals surface area contributed by atoms with Crippen molar-refractivity contribution in [2.75, 3.05) is 20.2 Å². The largest absolute Gasteiger partial charge is 0.465 e.